The Balaban J connectivity index is 1.39. The normalized spacial score (nSPS) is 19.6. The van der Waals surface area contributed by atoms with Crippen LogP contribution in [-0.4, -0.2) is 62.9 Å². The molecule has 1 saturated heterocycles. The molecule has 0 spiro atoms. The fourth-order valence-corrected chi connectivity index (χ4v) is 5.88. The first-order valence-corrected chi connectivity index (χ1v) is 13.3. The lowest BCUT2D eigenvalue weighted by atomic mass is 10.0. The molecule has 0 saturated carbocycles. The topological polar surface area (TPSA) is 53.7 Å². The molecule has 0 bridgehead atoms. The van der Waals surface area contributed by atoms with E-state index < -0.39 is 11.7 Å². The number of likely N-dealkylation sites (N-methyl/N-ethyl adjacent to an activating group) is 1. The van der Waals surface area contributed by atoms with Crippen molar-refractivity contribution in [3.63, 3.8) is 0 Å². The van der Waals surface area contributed by atoms with Crippen LogP contribution in [-0.2, 0) is 17.5 Å². The van der Waals surface area contributed by atoms with Crippen LogP contribution in [0.2, 0.25) is 5.02 Å². The highest BCUT2D eigenvalue weighted by molar-refractivity contribution is 8.18. The van der Waals surface area contributed by atoms with Crippen molar-refractivity contribution in [3.05, 3.63) is 68.7 Å². The Hall–Kier alpha value is -2.82. The van der Waals surface area contributed by atoms with Gasteiger partial charge in [0.1, 0.15) is 0 Å². The summed E-state index contributed by atoms with van der Waals surface area (Å²) < 4.78 is 42.3. The van der Waals surface area contributed by atoms with Crippen molar-refractivity contribution in [2.75, 3.05) is 26.7 Å². The molecule has 3 heterocycles. The van der Waals surface area contributed by atoms with E-state index in [4.69, 9.17) is 11.6 Å². The third kappa shape index (κ3) is 5.21. The van der Waals surface area contributed by atoms with Gasteiger partial charge in [-0.1, -0.05) is 23.7 Å². The molecule has 2 aliphatic rings. The molecule has 5 rings (SSSR count). The summed E-state index contributed by atoms with van der Waals surface area (Å²) in [6, 6.07) is 9.33. The van der Waals surface area contributed by atoms with Crippen molar-refractivity contribution in [2.45, 2.75) is 39.0 Å². The number of carbonyl (C=O) groups excluding carboxylic acids is 1. The lowest BCUT2D eigenvalue weighted by molar-refractivity contribution is -0.138. The van der Waals surface area contributed by atoms with Crippen LogP contribution in [0.15, 0.2) is 46.3 Å². The summed E-state index contributed by atoms with van der Waals surface area (Å²) in [6.07, 6.45) is -2.72. The fourth-order valence-electron chi connectivity index (χ4n) is 4.77. The molecule has 1 aromatic heterocycles. The number of benzene rings is 2. The zero-order valence-corrected chi connectivity index (χ0v) is 23.0. The first kappa shape index (κ1) is 26.8. The highest BCUT2D eigenvalue weighted by Crippen LogP contribution is 2.36. The maximum absolute atomic E-state index is 13.6. The SMILES string of the molecule is Cc1nn(Cc2ccc(Cl)cc2C(F)(F)F)c2ccc(/C=C3\SC(N4CCN(C)C(C)(C)C4)=NC3=O)cc12. The predicted octanol–water partition coefficient (Wildman–Crippen LogP) is 6.06. The van der Waals surface area contributed by atoms with Gasteiger partial charge in [0.25, 0.3) is 5.91 Å². The molecule has 2 aliphatic heterocycles. The first-order valence-electron chi connectivity index (χ1n) is 12.1. The van der Waals surface area contributed by atoms with E-state index in [2.05, 4.69) is 40.8 Å². The van der Waals surface area contributed by atoms with Crippen molar-refractivity contribution in [1.29, 1.82) is 0 Å². The summed E-state index contributed by atoms with van der Waals surface area (Å²) in [7, 11) is 2.10. The van der Waals surface area contributed by atoms with Crippen LogP contribution in [0, 0.1) is 6.92 Å². The van der Waals surface area contributed by atoms with Gasteiger partial charge in [-0.3, -0.25) is 14.4 Å². The van der Waals surface area contributed by atoms with Crippen molar-refractivity contribution >= 4 is 51.4 Å². The van der Waals surface area contributed by atoms with Crippen LogP contribution in [0.3, 0.4) is 0 Å². The third-order valence-electron chi connectivity index (χ3n) is 7.15. The number of amides is 1. The van der Waals surface area contributed by atoms with Crippen molar-refractivity contribution in [1.82, 2.24) is 19.6 Å². The van der Waals surface area contributed by atoms with E-state index in [1.54, 1.807) is 4.68 Å². The Morgan fingerprint density at radius 3 is 2.63 bits per heavy atom. The quantitative estimate of drug-likeness (QED) is 0.364. The second-order valence-corrected chi connectivity index (χ2v) is 11.7. The lowest BCUT2D eigenvalue weighted by Crippen LogP contribution is -2.58. The number of fused-ring (bicyclic) bond motifs is 1. The van der Waals surface area contributed by atoms with E-state index in [1.807, 2.05) is 31.2 Å². The van der Waals surface area contributed by atoms with Gasteiger partial charge >= 0.3 is 6.18 Å². The number of rotatable bonds is 3. The standard InChI is InChI=1S/C27H27ClF3N5OS/c1-16-20-11-17(12-23-24(37)32-25(38-23)35-10-9-34(4)26(2,3)15-35)5-8-22(20)36(33-16)14-18-6-7-19(28)13-21(18)27(29,30)31/h5-8,11-13H,9-10,14-15H2,1-4H3/b23-12-. The number of halogens is 4. The summed E-state index contributed by atoms with van der Waals surface area (Å²) in [5.74, 6) is -0.267. The number of amidine groups is 1. The van der Waals surface area contributed by atoms with E-state index in [0.717, 1.165) is 41.8 Å². The number of nitrogens with zero attached hydrogens (tertiary/aromatic N) is 5. The molecule has 0 aliphatic carbocycles. The Morgan fingerprint density at radius 2 is 1.92 bits per heavy atom. The minimum Gasteiger partial charge on any atom is -0.348 e. The zero-order chi connectivity index (χ0) is 27.4. The van der Waals surface area contributed by atoms with Gasteiger partial charge in [-0.05, 0) is 81.0 Å². The smallest absolute Gasteiger partial charge is 0.348 e. The first-order chi connectivity index (χ1) is 17.8. The van der Waals surface area contributed by atoms with Crippen molar-refractivity contribution < 1.29 is 18.0 Å². The molecule has 1 amide bonds. The van der Waals surface area contributed by atoms with Gasteiger partial charge in [0.15, 0.2) is 5.17 Å². The van der Waals surface area contributed by atoms with E-state index in [1.165, 1.54) is 23.9 Å². The molecular formula is C27H27ClF3N5OS. The zero-order valence-electron chi connectivity index (χ0n) is 21.4. The van der Waals surface area contributed by atoms with Crippen LogP contribution >= 0.6 is 23.4 Å². The Bertz CT molecular complexity index is 1490. The van der Waals surface area contributed by atoms with Crippen LogP contribution in [0.1, 0.15) is 36.2 Å². The highest BCUT2D eigenvalue weighted by Gasteiger charge is 2.36. The summed E-state index contributed by atoms with van der Waals surface area (Å²) in [4.78, 5) is 22.0. The van der Waals surface area contributed by atoms with Gasteiger partial charge in [-0.25, -0.2) is 0 Å². The molecule has 38 heavy (non-hydrogen) atoms. The number of thioether (sulfide) groups is 1. The minimum absolute atomic E-state index is 0.0214. The van der Waals surface area contributed by atoms with Gasteiger partial charge in [0.05, 0.1) is 28.2 Å². The van der Waals surface area contributed by atoms with Crippen LogP contribution in [0.5, 0.6) is 0 Å². The number of carbonyl (C=O) groups is 1. The van der Waals surface area contributed by atoms with Gasteiger partial charge in [0.2, 0.25) is 0 Å². The molecule has 6 nitrogen and oxygen atoms in total. The average molecular weight is 562 g/mol. The Labute approximate surface area is 228 Å². The number of alkyl halides is 3. The molecule has 0 N–H and O–H groups in total. The van der Waals surface area contributed by atoms with E-state index >= 15 is 0 Å². The maximum atomic E-state index is 13.6. The summed E-state index contributed by atoms with van der Waals surface area (Å²) in [5, 5.41) is 6.06. The molecule has 0 atom stereocenters. The van der Waals surface area contributed by atoms with Crippen molar-refractivity contribution in [3.8, 4) is 0 Å². The monoisotopic (exact) mass is 561 g/mol. The number of hydrogen-bond donors (Lipinski definition) is 0. The molecular weight excluding hydrogens is 535 g/mol. The van der Waals surface area contributed by atoms with Gasteiger partial charge < -0.3 is 4.90 Å². The second-order valence-electron chi connectivity index (χ2n) is 10.3. The molecule has 3 aromatic rings. The van der Waals surface area contributed by atoms with Crippen molar-refractivity contribution in [2.24, 2.45) is 4.99 Å². The predicted molar refractivity (Wildman–Crippen MR) is 146 cm³/mol. The van der Waals surface area contributed by atoms with E-state index in [0.29, 0.717) is 16.1 Å². The lowest BCUT2D eigenvalue weighted by Gasteiger charge is -2.45. The molecule has 1 fully saturated rings. The summed E-state index contributed by atoms with van der Waals surface area (Å²) >= 11 is 7.20. The number of aromatic nitrogens is 2. The second kappa shape index (κ2) is 9.73. The van der Waals surface area contributed by atoms with Crippen LogP contribution in [0.25, 0.3) is 17.0 Å². The largest absolute Gasteiger partial charge is 0.416 e. The third-order valence-corrected chi connectivity index (χ3v) is 8.43. The highest BCUT2D eigenvalue weighted by atomic mass is 35.5. The van der Waals surface area contributed by atoms with Gasteiger partial charge in [-0.15, -0.1) is 0 Å². The number of hydrogen-bond acceptors (Lipinski definition) is 5. The number of piperazine rings is 1. The maximum Gasteiger partial charge on any atom is 0.416 e. The molecule has 2 aromatic carbocycles. The van der Waals surface area contributed by atoms with E-state index in [9.17, 15) is 18.0 Å². The number of aliphatic imine (C=N–C) groups is 1. The summed E-state index contributed by atoms with van der Waals surface area (Å²) in [5.41, 5.74) is 1.48. The van der Waals surface area contributed by atoms with Gasteiger partial charge in [-0.2, -0.15) is 23.3 Å². The van der Waals surface area contributed by atoms with E-state index in [-0.39, 0.29) is 28.6 Å². The van der Waals surface area contributed by atoms with Crippen LogP contribution in [0.4, 0.5) is 13.2 Å². The minimum atomic E-state index is -4.52. The molecule has 200 valence electrons. The Morgan fingerprint density at radius 1 is 1.16 bits per heavy atom. The van der Waals surface area contributed by atoms with Crippen LogP contribution < -0.4 is 0 Å². The molecule has 11 heteroatoms. The fraction of sp³-hybridized carbons (Fsp3) is 0.370. The average Bonchev–Trinajstić information content (AvgIpc) is 3.35. The molecule has 0 unspecified atom stereocenters. The van der Waals surface area contributed by atoms with Gasteiger partial charge in [0, 0.05) is 35.6 Å². The summed E-state index contributed by atoms with van der Waals surface area (Å²) in [6.45, 7) is 8.58. The Kier molecular flexibility index (Phi) is 6.86. The number of aryl methyl sites for hydroxylation is 1. The molecule has 0 radical (unpaired) electrons.